The number of aliphatic hydroxyl groups is 1. The van der Waals surface area contributed by atoms with Crippen LogP contribution in [0.1, 0.15) is 66.1 Å². The Morgan fingerprint density at radius 1 is 1.30 bits per heavy atom. The van der Waals surface area contributed by atoms with Gasteiger partial charge in [0.05, 0.1) is 29.8 Å². The molecule has 2 unspecified atom stereocenters. The number of hydrogen-bond acceptors (Lipinski definition) is 7. The fraction of sp³-hybridized carbons (Fsp3) is 0.577. The third-order valence-electron chi connectivity index (χ3n) is 7.86. The number of ether oxygens (including phenoxy) is 2. The third-order valence-corrected chi connectivity index (χ3v) is 8.05. The number of carbonyl (C=O) groups excluding carboxylic acids is 1. The van der Waals surface area contributed by atoms with Crippen LogP contribution >= 0.6 is 11.6 Å². The van der Waals surface area contributed by atoms with E-state index >= 15 is 8.78 Å². The summed E-state index contributed by atoms with van der Waals surface area (Å²) < 4.78 is 43.7. The summed E-state index contributed by atoms with van der Waals surface area (Å²) in [5.74, 6) is -0.929. The normalized spacial score (nSPS) is 25.4. The second-order valence-electron chi connectivity index (χ2n) is 10.1. The lowest BCUT2D eigenvalue weighted by Gasteiger charge is -2.45. The highest BCUT2D eigenvalue weighted by atomic mass is 35.5. The maximum atomic E-state index is 16.2. The quantitative estimate of drug-likeness (QED) is 0.576. The summed E-state index contributed by atoms with van der Waals surface area (Å²) in [7, 11) is 1.90. The van der Waals surface area contributed by atoms with Crippen molar-refractivity contribution in [2.24, 2.45) is 0 Å². The van der Waals surface area contributed by atoms with Gasteiger partial charge in [0.25, 0.3) is 5.91 Å². The molecule has 2 saturated heterocycles. The molecule has 2 aromatic rings. The monoisotopic (exact) mass is 536 g/mol. The number of likely N-dealkylation sites (tertiary alicyclic amines) is 1. The molecule has 3 atom stereocenters. The van der Waals surface area contributed by atoms with Gasteiger partial charge in [-0.25, -0.2) is 18.7 Å². The van der Waals surface area contributed by atoms with Crippen LogP contribution in [0.25, 0.3) is 0 Å². The number of rotatable bonds is 7. The van der Waals surface area contributed by atoms with Crippen molar-refractivity contribution in [3.63, 3.8) is 0 Å². The van der Waals surface area contributed by atoms with Crippen LogP contribution in [-0.2, 0) is 21.6 Å². The van der Waals surface area contributed by atoms with Crippen molar-refractivity contribution in [2.45, 2.75) is 62.8 Å². The van der Waals surface area contributed by atoms with Crippen LogP contribution in [0.2, 0.25) is 5.02 Å². The van der Waals surface area contributed by atoms with Crippen molar-refractivity contribution in [3.8, 4) is 0 Å². The molecule has 8 nitrogen and oxygen atoms in total. The molecule has 11 heteroatoms. The Morgan fingerprint density at radius 2 is 2.00 bits per heavy atom. The maximum Gasteiger partial charge on any atom is 0.257 e. The van der Waals surface area contributed by atoms with Gasteiger partial charge in [0.15, 0.2) is 6.23 Å². The van der Waals surface area contributed by atoms with Crippen molar-refractivity contribution in [2.75, 3.05) is 33.4 Å². The number of amides is 1. The predicted octanol–water partition coefficient (Wildman–Crippen LogP) is 3.76. The molecule has 1 aromatic heterocycles. The van der Waals surface area contributed by atoms with Gasteiger partial charge >= 0.3 is 0 Å². The highest BCUT2D eigenvalue weighted by Crippen LogP contribution is 2.48. The molecule has 0 saturated carbocycles. The predicted molar refractivity (Wildman–Crippen MR) is 131 cm³/mol. The molecule has 1 N–H and O–H groups in total. The van der Waals surface area contributed by atoms with Crippen LogP contribution in [0.4, 0.5) is 8.78 Å². The second-order valence-corrected chi connectivity index (χ2v) is 10.6. The number of nitrogens with zero attached hydrogens (tertiary/aromatic N) is 4. The first-order chi connectivity index (χ1) is 17.6. The Hall–Kier alpha value is -2.24. The van der Waals surface area contributed by atoms with E-state index in [9.17, 15) is 9.90 Å². The van der Waals surface area contributed by atoms with E-state index in [2.05, 4.69) is 9.97 Å². The average molecular weight is 537 g/mol. The Bertz CT molecular complexity index is 1160. The molecular weight excluding hydrogens is 506 g/mol. The molecule has 3 aliphatic rings. The summed E-state index contributed by atoms with van der Waals surface area (Å²) in [6.45, 7) is 3.41. The van der Waals surface area contributed by atoms with Crippen LogP contribution in [-0.4, -0.2) is 75.9 Å². The molecule has 37 heavy (non-hydrogen) atoms. The van der Waals surface area contributed by atoms with Gasteiger partial charge in [-0.1, -0.05) is 18.5 Å². The van der Waals surface area contributed by atoms with E-state index in [4.69, 9.17) is 21.1 Å². The van der Waals surface area contributed by atoms with E-state index in [0.717, 1.165) is 6.07 Å². The van der Waals surface area contributed by atoms with Crippen LogP contribution in [0.15, 0.2) is 24.5 Å². The zero-order chi connectivity index (χ0) is 26.4. The molecule has 4 heterocycles. The van der Waals surface area contributed by atoms with Gasteiger partial charge in [0.1, 0.15) is 22.9 Å². The lowest BCUT2D eigenvalue weighted by Crippen LogP contribution is -2.54. The molecule has 0 spiro atoms. The van der Waals surface area contributed by atoms with Crippen molar-refractivity contribution in [3.05, 3.63) is 57.9 Å². The summed E-state index contributed by atoms with van der Waals surface area (Å²) in [5, 5.41) is 12.0. The van der Waals surface area contributed by atoms with Crippen LogP contribution in [0, 0.1) is 5.82 Å². The van der Waals surface area contributed by atoms with Gasteiger partial charge in [-0.05, 0) is 50.4 Å². The molecule has 0 bridgehead atoms. The first kappa shape index (κ1) is 26.4. The van der Waals surface area contributed by atoms with Crippen molar-refractivity contribution in [1.29, 1.82) is 0 Å². The van der Waals surface area contributed by atoms with Gasteiger partial charge in [-0.2, -0.15) is 0 Å². The van der Waals surface area contributed by atoms with Crippen molar-refractivity contribution < 1.29 is 28.2 Å². The highest BCUT2D eigenvalue weighted by Gasteiger charge is 2.53. The zero-order valence-corrected chi connectivity index (χ0v) is 21.7. The standard InChI is InChI=1S/C26H31ClF2N4O4/c1-3-26(35,25(29)5-7-32(2)8-6-25)16-10-19-22(20(28)11-16)24(37-18-4-9-36-15-18)33(23(19)34)14-21-30-12-17(27)13-31-21/h10-13,18,24,35H,3-9,14-15H2,1-2H3/t18-,24?,26?/m0/s1. The van der Waals surface area contributed by atoms with Gasteiger partial charge < -0.3 is 24.4 Å². The fourth-order valence-electron chi connectivity index (χ4n) is 5.54. The minimum Gasteiger partial charge on any atom is -0.382 e. The Balaban J connectivity index is 1.54. The van der Waals surface area contributed by atoms with Gasteiger partial charge in [0, 0.05) is 37.7 Å². The van der Waals surface area contributed by atoms with Crippen LogP contribution < -0.4 is 0 Å². The third kappa shape index (κ3) is 4.74. The summed E-state index contributed by atoms with van der Waals surface area (Å²) in [4.78, 5) is 25.3. The number of carbonyl (C=O) groups is 1. The van der Waals surface area contributed by atoms with E-state index in [0.29, 0.717) is 43.6 Å². The lowest BCUT2D eigenvalue weighted by molar-refractivity contribution is -0.136. The molecule has 200 valence electrons. The van der Waals surface area contributed by atoms with Gasteiger partial charge in [-0.15, -0.1) is 0 Å². The molecule has 1 aromatic carbocycles. The van der Waals surface area contributed by atoms with E-state index in [1.54, 1.807) is 6.92 Å². The zero-order valence-electron chi connectivity index (χ0n) is 20.9. The van der Waals surface area contributed by atoms with Crippen LogP contribution in [0.3, 0.4) is 0 Å². The smallest absolute Gasteiger partial charge is 0.257 e. The number of benzene rings is 1. The summed E-state index contributed by atoms with van der Waals surface area (Å²) in [5.41, 5.74) is -3.75. The summed E-state index contributed by atoms with van der Waals surface area (Å²) in [6, 6.07) is 2.58. The fourth-order valence-corrected chi connectivity index (χ4v) is 5.64. The largest absolute Gasteiger partial charge is 0.382 e. The average Bonchev–Trinajstić information content (AvgIpc) is 3.49. The number of aromatic nitrogens is 2. The first-order valence-corrected chi connectivity index (χ1v) is 13.0. The van der Waals surface area contributed by atoms with E-state index in [-0.39, 0.29) is 48.6 Å². The van der Waals surface area contributed by atoms with E-state index in [1.807, 2.05) is 11.9 Å². The number of alkyl halides is 1. The first-order valence-electron chi connectivity index (χ1n) is 12.6. The molecule has 5 rings (SSSR count). The van der Waals surface area contributed by atoms with Crippen molar-refractivity contribution >= 4 is 17.5 Å². The molecule has 3 aliphatic heterocycles. The molecule has 0 radical (unpaired) electrons. The van der Waals surface area contributed by atoms with Gasteiger partial charge in [0.2, 0.25) is 0 Å². The minimum atomic E-state index is -1.95. The Morgan fingerprint density at radius 3 is 2.62 bits per heavy atom. The Kier molecular flexibility index (Phi) is 7.23. The Labute approximate surface area is 219 Å². The number of hydrogen-bond donors (Lipinski definition) is 1. The topological polar surface area (TPSA) is 88.0 Å². The van der Waals surface area contributed by atoms with E-state index < -0.39 is 29.2 Å². The van der Waals surface area contributed by atoms with Crippen LogP contribution in [0.5, 0.6) is 0 Å². The summed E-state index contributed by atoms with van der Waals surface area (Å²) in [6.07, 6.45) is 2.32. The molecule has 0 aliphatic carbocycles. The lowest BCUT2D eigenvalue weighted by atomic mass is 9.71. The SMILES string of the molecule is CCC(O)(c1cc(F)c2c(c1)C(=O)N(Cc1ncc(Cl)cn1)C2O[C@H]1CCOC1)C1(F)CCN(C)CC1. The maximum absolute atomic E-state index is 16.2. The number of halogens is 3. The van der Waals surface area contributed by atoms with Crippen molar-refractivity contribution in [1.82, 2.24) is 19.8 Å². The molecular formula is C26H31ClF2N4O4. The molecule has 1 amide bonds. The summed E-state index contributed by atoms with van der Waals surface area (Å²) >= 11 is 5.90. The number of piperidine rings is 1. The second kappa shape index (κ2) is 10.1. The minimum absolute atomic E-state index is 0.0291. The van der Waals surface area contributed by atoms with Gasteiger partial charge in [-0.3, -0.25) is 4.79 Å². The number of fused-ring (bicyclic) bond motifs is 1. The molecule has 2 fully saturated rings. The van der Waals surface area contributed by atoms with E-state index in [1.165, 1.54) is 23.4 Å². The highest BCUT2D eigenvalue weighted by molar-refractivity contribution is 6.30.